The molecule has 96 valence electrons. The molecule has 0 fully saturated rings. The third-order valence-electron chi connectivity index (χ3n) is 2.74. The average Bonchev–Trinajstić information content (AvgIpc) is 2.64. The predicted molar refractivity (Wildman–Crippen MR) is 65.8 cm³/mol. The second-order valence-corrected chi connectivity index (χ2v) is 4.19. The normalized spacial score (nSPS) is 12.6. The van der Waals surface area contributed by atoms with Gasteiger partial charge in [-0.05, 0) is 12.8 Å². The van der Waals surface area contributed by atoms with E-state index in [1.54, 1.807) is 4.68 Å². The van der Waals surface area contributed by atoms with Crippen LogP contribution in [-0.2, 0) is 24.8 Å². The third kappa shape index (κ3) is 3.85. The van der Waals surface area contributed by atoms with E-state index in [1.165, 1.54) is 0 Å². The van der Waals surface area contributed by atoms with E-state index in [-0.39, 0.29) is 0 Å². The smallest absolute Gasteiger partial charge is 0.320 e. The minimum Gasteiger partial charge on any atom is -0.480 e. The number of hydrogen-bond donors (Lipinski definition) is 2. The molecule has 17 heavy (non-hydrogen) atoms. The van der Waals surface area contributed by atoms with E-state index in [4.69, 9.17) is 5.11 Å². The molecule has 0 radical (unpaired) electrons. The zero-order valence-corrected chi connectivity index (χ0v) is 10.7. The second-order valence-electron chi connectivity index (χ2n) is 4.19. The van der Waals surface area contributed by atoms with Crippen LogP contribution in [0.25, 0.3) is 0 Å². The Morgan fingerprint density at radius 1 is 1.59 bits per heavy atom. The van der Waals surface area contributed by atoms with Crippen molar-refractivity contribution in [2.75, 3.05) is 0 Å². The Morgan fingerprint density at radius 3 is 2.82 bits per heavy atom. The van der Waals surface area contributed by atoms with E-state index in [0.29, 0.717) is 13.0 Å². The lowest BCUT2D eigenvalue weighted by atomic mass is 10.1. The summed E-state index contributed by atoms with van der Waals surface area (Å²) in [6.07, 6.45) is 4.31. The monoisotopic (exact) mass is 239 g/mol. The van der Waals surface area contributed by atoms with Crippen molar-refractivity contribution in [3.05, 3.63) is 17.5 Å². The summed E-state index contributed by atoms with van der Waals surface area (Å²) in [7, 11) is 1.88. The van der Waals surface area contributed by atoms with Gasteiger partial charge in [0, 0.05) is 25.4 Å². The van der Waals surface area contributed by atoms with E-state index in [2.05, 4.69) is 10.4 Å². The Bertz CT molecular complexity index is 374. The fourth-order valence-corrected chi connectivity index (χ4v) is 1.86. The molecule has 0 bridgehead atoms. The number of carbonyl (C=O) groups is 1. The zero-order chi connectivity index (χ0) is 12.8. The van der Waals surface area contributed by atoms with Crippen LogP contribution in [-0.4, -0.2) is 26.9 Å². The van der Waals surface area contributed by atoms with Gasteiger partial charge in [0.2, 0.25) is 0 Å². The molecule has 5 heteroatoms. The van der Waals surface area contributed by atoms with Gasteiger partial charge in [-0.25, -0.2) is 0 Å². The lowest BCUT2D eigenvalue weighted by molar-refractivity contribution is -0.139. The number of carboxylic acids is 1. The minimum absolute atomic E-state index is 0.468. The highest BCUT2D eigenvalue weighted by atomic mass is 16.4. The Kier molecular flexibility index (Phi) is 5.15. The molecule has 1 atom stereocenters. The number of carboxylic acid groups (broad SMARTS) is 1. The van der Waals surface area contributed by atoms with E-state index >= 15 is 0 Å². The molecule has 0 aliphatic carbocycles. The van der Waals surface area contributed by atoms with Crippen LogP contribution in [0.15, 0.2) is 6.20 Å². The molecule has 1 unspecified atom stereocenters. The first-order valence-corrected chi connectivity index (χ1v) is 6.06. The molecular formula is C12H21N3O2. The maximum Gasteiger partial charge on any atom is 0.320 e. The molecule has 1 heterocycles. The molecule has 1 aromatic rings. The van der Waals surface area contributed by atoms with Gasteiger partial charge in [0.1, 0.15) is 6.04 Å². The van der Waals surface area contributed by atoms with Crippen LogP contribution >= 0.6 is 0 Å². The van der Waals surface area contributed by atoms with Crippen LogP contribution in [0.5, 0.6) is 0 Å². The second kappa shape index (κ2) is 6.39. The molecule has 0 amide bonds. The molecule has 1 rings (SSSR count). The lowest BCUT2D eigenvalue weighted by Gasteiger charge is -2.12. The summed E-state index contributed by atoms with van der Waals surface area (Å²) in [4.78, 5) is 11.0. The summed E-state index contributed by atoms with van der Waals surface area (Å²) < 4.78 is 1.77. The summed E-state index contributed by atoms with van der Waals surface area (Å²) in [5.74, 6) is -0.784. The number of aryl methyl sites for hydroxylation is 2. The van der Waals surface area contributed by atoms with Gasteiger partial charge >= 0.3 is 5.97 Å². The third-order valence-corrected chi connectivity index (χ3v) is 2.74. The van der Waals surface area contributed by atoms with Gasteiger partial charge in [-0.15, -0.1) is 0 Å². The van der Waals surface area contributed by atoms with Crippen molar-refractivity contribution >= 4 is 5.97 Å². The Morgan fingerprint density at radius 2 is 2.29 bits per heavy atom. The van der Waals surface area contributed by atoms with Crippen LogP contribution < -0.4 is 5.32 Å². The molecule has 0 aromatic carbocycles. The van der Waals surface area contributed by atoms with Crippen molar-refractivity contribution in [3.63, 3.8) is 0 Å². The topological polar surface area (TPSA) is 67.2 Å². The zero-order valence-electron chi connectivity index (χ0n) is 10.7. The van der Waals surface area contributed by atoms with Crippen LogP contribution in [0.3, 0.4) is 0 Å². The Labute approximate surface area is 102 Å². The Hall–Kier alpha value is -1.36. The minimum atomic E-state index is -0.784. The van der Waals surface area contributed by atoms with Crippen molar-refractivity contribution in [3.8, 4) is 0 Å². The summed E-state index contributed by atoms with van der Waals surface area (Å²) in [6, 6.07) is -0.468. The quantitative estimate of drug-likeness (QED) is 0.753. The van der Waals surface area contributed by atoms with Crippen LogP contribution in [0.4, 0.5) is 0 Å². The predicted octanol–water partition coefficient (Wildman–Crippen LogP) is 1.33. The van der Waals surface area contributed by atoms with Gasteiger partial charge in [0.05, 0.1) is 5.69 Å². The fourth-order valence-electron chi connectivity index (χ4n) is 1.86. The fraction of sp³-hybridized carbons (Fsp3) is 0.667. The molecule has 0 aliphatic heterocycles. The number of nitrogens with zero attached hydrogens (tertiary/aromatic N) is 2. The summed E-state index contributed by atoms with van der Waals surface area (Å²) in [6.45, 7) is 4.60. The van der Waals surface area contributed by atoms with Crippen LogP contribution in [0.2, 0.25) is 0 Å². The number of hydrogen-bond acceptors (Lipinski definition) is 3. The Balaban J connectivity index is 2.61. The highest BCUT2D eigenvalue weighted by molar-refractivity contribution is 5.73. The van der Waals surface area contributed by atoms with E-state index in [0.717, 1.165) is 24.1 Å². The van der Waals surface area contributed by atoms with E-state index in [1.807, 2.05) is 27.1 Å². The van der Waals surface area contributed by atoms with Crippen molar-refractivity contribution in [1.29, 1.82) is 0 Å². The summed E-state index contributed by atoms with van der Waals surface area (Å²) in [5.41, 5.74) is 2.11. The average molecular weight is 239 g/mol. The molecule has 1 aromatic heterocycles. The number of nitrogens with one attached hydrogen (secondary N) is 1. The van der Waals surface area contributed by atoms with Gasteiger partial charge in [-0.1, -0.05) is 20.3 Å². The first-order valence-electron chi connectivity index (χ1n) is 6.06. The van der Waals surface area contributed by atoms with E-state index in [9.17, 15) is 4.79 Å². The number of rotatable bonds is 7. The van der Waals surface area contributed by atoms with Gasteiger partial charge in [0.25, 0.3) is 0 Å². The van der Waals surface area contributed by atoms with E-state index < -0.39 is 12.0 Å². The maximum absolute atomic E-state index is 11.0. The molecular weight excluding hydrogens is 218 g/mol. The van der Waals surface area contributed by atoms with Crippen LogP contribution in [0.1, 0.15) is 37.9 Å². The van der Waals surface area contributed by atoms with Crippen LogP contribution in [0, 0.1) is 0 Å². The van der Waals surface area contributed by atoms with Gasteiger partial charge in [-0.3, -0.25) is 9.48 Å². The first kappa shape index (κ1) is 13.7. The summed E-state index contributed by atoms with van der Waals surface area (Å²) in [5, 5.41) is 16.4. The summed E-state index contributed by atoms with van der Waals surface area (Å²) >= 11 is 0. The number of aromatic nitrogens is 2. The molecule has 2 N–H and O–H groups in total. The first-order chi connectivity index (χ1) is 8.08. The largest absolute Gasteiger partial charge is 0.480 e. The van der Waals surface area contributed by atoms with Crippen molar-refractivity contribution < 1.29 is 9.90 Å². The SMILES string of the molecule is CCCC(NCc1cn(C)nc1CC)C(=O)O. The van der Waals surface area contributed by atoms with Gasteiger partial charge in [0.15, 0.2) is 0 Å². The molecule has 5 nitrogen and oxygen atoms in total. The van der Waals surface area contributed by atoms with Crippen molar-refractivity contribution in [1.82, 2.24) is 15.1 Å². The molecule has 0 saturated carbocycles. The van der Waals surface area contributed by atoms with Gasteiger partial charge < -0.3 is 10.4 Å². The van der Waals surface area contributed by atoms with Crippen molar-refractivity contribution in [2.45, 2.75) is 45.7 Å². The van der Waals surface area contributed by atoms with Crippen molar-refractivity contribution in [2.24, 2.45) is 7.05 Å². The standard InChI is InChI=1S/C12H21N3O2/c1-4-6-11(12(16)17)13-7-9-8-15(3)14-10(9)5-2/h8,11,13H,4-7H2,1-3H3,(H,16,17). The van der Waals surface area contributed by atoms with Gasteiger partial charge in [-0.2, -0.15) is 5.10 Å². The lowest BCUT2D eigenvalue weighted by Crippen LogP contribution is -2.36. The highest BCUT2D eigenvalue weighted by Crippen LogP contribution is 2.08. The molecule has 0 saturated heterocycles. The highest BCUT2D eigenvalue weighted by Gasteiger charge is 2.16. The molecule has 0 spiro atoms. The number of aliphatic carboxylic acids is 1. The maximum atomic E-state index is 11.0. The molecule has 0 aliphatic rings.